The Hall–Kier alpha value is -1.34. The van der Waals surface area contributed by atoms with E-state index in [1.54, 1.807) is 0 Å². The molecule has 0 atom stereocenters. The van der Waals surface area contributed by atoms with Crippen LogP contribution in [0.15, 0.2) is 18.2 Å². The van der Waals surface area contributed by atoms with Crippen molar-refractivity contribution in [2.75, 3.05) is 26.8 Å². The van der Waals surface area contributed by atoms with E-state index in [2.05, 4.69) is 0 Å². The van der Waals surface area contributed by atoms with Crippen molar-refractivity contribution in [1.82, 2.24) is 4.90 Å². The summed E-state index contributed by atoms with van der Waals surface area (Å²) in [4.78, 5) is 0.935. The summed E-state index contributed by atoms with van der Waals surface area (Å²) in [5, 5.41) is 8.74. The van der Waals surface area contributed by atoms with Crippen molar-refractivity contribution in [3.8, 4) is 5.75 Å². The molecule has 0 aliphatic rings. The third-order valence-electron chi connectivity index (χ3n) is 2.47. The first-order valence-electron chi connectivity index (χ1n) is 5.58. The van der Waals surface area contributed by atoms with Crippen LogP contribution in [-0.2, 0) is 6.54 Å². The van der Waals surface area contributed by atoms with E-state index < -0.39 is 25.1 Å². The summed E-state index contributed by atoms with van der Waals surface area (Å²) in [6.07, 6.45) is -4.39. The van der Waals surface area contributed by atoms with Gasteiger partial charge in [-0.05, 0) is 6.07 Å². The lowest BCUT2D eigenvalue weighted by Gasteiger charge is -2.23. The maximum atomic E-state index is 13.6. The number of nitrogens with zero attached hydrogens (tertiary/aromatic N) is 1. The minimum atomic E-state index is -4.39. The van der Waals surface area contributed by atoms with Gasteiger partial charge in [-0.15, -0.1) is 0 Å². The van der Waals surface area contributed by atoms with Crippen LogP contribution in [0.4, 0.5) is 17.6 Å². The van der Waals surface area contributed by atoms with Crippen molar-refractivity contribution in [2.45, 2.75) is 12.7 Å². The number of benzene rings is 1. The number of rotatable bonds is 6. The first-order chi connectivity index (χ1) is 8.85. The Balaban J connectivity index is 2.78. The quantitative estimate of drug-likeness (QED) is 0.811. The van der Waals surface area contributed by atoms with Crippen molar-refractivity contribution >= 4 is 0 Å². The Kier molecular flexibility index (Phi) is 5.56. The number of alkyl halides is 3. The maximum absolute atomic E-state index is 13.6. The fraction of sp³-hybridized carbons (Fsp3) is 0.500. The van der Waals surface area contributed by atoms with Gasteiger partial charge in [-0.3, -0.25) is 4.90 Å². The van der Waals surface area contributed by atoms with Crippen molar-refractivity contribution < 1.29 is 27.4 Å². The standard InChI is InChI=1S/C12H15F4NO2/c1-19-10-3-2-9(11(13)6-10)7-17(4-5-18)8-12(14,15)16/h2-3,6,18H,4-5,7-8H2,1H3. The zero-order valence-electron chi connectivity index (χ0n) is 10.4. The van der Waals surface area contributed by atoms with Crippen LogP contribution in [0.25, 0.3) is 0 Å². The van der Waals surface area contributed by atoms with Crippen molar-refractivity contribution in [3.63, 3.8) is 0 Å². The molecule has 0 saturated heterocycles. The highest BCUT2D eigenvalue weighted by Crippen LogP contribution is 2.21. The molecule has 0 heterocycles. The molecule has 0 fully saturated rings. The first-order valence-corrected chi connectivity index (χ1v) is 5.58. The second-order valence-electron chi connectivity index (χ2n) is 4.01. The molecule has 0 unspecified atom stereocenters. The Morgan fingerprint density at radius 1 is 1.32 bits per heavy atom. The van der Waals surface area contributed by atoms with E-state index in [4.69, 9.17) is 9.84 Å². The van der Waals surface area contributed by atoms with Gasteiger partial charge in [-0.25, -0.2) is 4.39 Å². The van der Waals surface area contributed by atoms with Gasteiger partial charge >= 0.3 is 6.18 Å². The summed E-state index contributed by atoms with van der Waals surface area (Å²) in [5.74, 6) is -0.338. The van der Waals surface area contributed by atoms with E-state index in [1.807, 2.05) is 0 Å². The van der Waals surface area contributed by atoms with Crippen LogP contribution in [0.3, 0.4) is 0 Å². The van der Waals surface area contributed by atoms with Gasteiger partial charge in [0.2, 0.25) is 0 Å². The number of halogens is 4. The minimum Gasteiger partial charge on any atom is -0.497 e. The fourth-order valence-corrected chi connectivity index (χ4v) is 1.63. The third kappa shape index (κ3) is 5.44. The van der Waals surface area contributed by atoms with Crippen LogP contribution >= 0.6 is 0 Å². The molecule has 1 aromatic carbocycles. The molecule has 0 radical (unpaired) electrons. The number of aliphatic hydroxyl groups is 1. The Bertz CT molecular complexity index is 409. The van der Waals surface area contributed by atoms with Crippen LogP contribution in [-0.4, -0.2) is 43.0 Å². The SMILES string of the molecule is COc1ccc(CN(CCO)CC(F)(F)F)c(F)c1. The van der Waals surface area contributed by atoms with Crippen molar-refractivity contribution in [3.05, 3.63) is 29.6 Å². The number of hydrogen-bond acceptors (Lipinski definition) is 3. The highest BCUT2D eigenvalue weighted by Gasteiger charge is 2.30. The van der Waals surface area contributed by atoms with Gasteiger partial charge < -0.3 is 9.84 Å². The lowest BCUT2D eigenvalue weighted by molar-refractivity contribution is -0.148. The Morgan fingerprint density at radius 2 is 2.00 bits per heavy atom. The maximum Gasteiger partial charge on any atom is 0.401 e. The molecule has 108 valence electrons. The van der Waals surface area contributed by atoms with Crippen molar-refractivity contribution in [2.24, 2.45) is 0 Å². The number of methoxy groups -OCH3 is 1. The normalized spacial score (nSPS) is 11.9. The van der Waals surface area contributed by atoms with Gasteiger partial charge in [-0.1, -0.05) is 6.07 Å². The van der Waals surface area contributed by atoms with Crippen LogP contribution in [0.5, 0.6) is 5.75 Å². The lowest BCUT2D eigenvalue weighted by Crippen LogP contribution is -2.36. The largest absolute Gasteiger partial charge is 0.497 e. The molecule has 1 rings (SSSR count). The molecular formula is C12H15F4NO2. The van der Waals surface area contributed by atoms with E-state index in [-0.39, 0.29) is 18.7 Å². The van der Waals surface area contributed by atoms with E-state index in [1.165, 1.54) is 19.2 Å². The molecule has 0 aliphatic carbocycles. The van der Waals surface area contributed by atoms with E-state index in [0.29, 0.717) is 5.75 Å². The number of ether oxygens (including phenoxy) is 1. The molecule has 0 aromatic heterocycles. The predicted octanol–water partition coefficient (Wildman–Crippen LogP) is 2.19. The van der Waals surface area contributed by atoms with E-state index in [0.717, 1.165) is 11.0 Å². The number of aliphatic hydroxyl groups excluding tert-OH is 1. The molecule has 0 bridgehead atoms. The molecule has 7 heteroatoms. The van der Waals surface area contributed by atoms with Gasteiger partial charge in [0.1, 0.15) is 11.6 Å². The summed E-state index contributed by atoms with van der Waals surface area (Å²) in [5.41, 5.74) is 0.124. The van der Waals surface area contributed by atoms with Crippen LogP contribution in [0, 0.1) is 5.82 Å². The van der Waals surface area contributed by atoms with Crippen LogP contribution in [0.1, 0.15) is 5.56 Å². The zero-order valence-corrected chi connectivity index (χ0v) is 10.4. The van der Waals surface area contributed by atoms with Crippen LogP contribution < -0.4 is 4.74 Å². The molecule has 3 nitrogen and oxygen atoms in total. The topological polar surface area (TPSA) is 32.7 Å². The summed E-state index contributed by atoms with van der Waals surface area (Å²) >= 11 is 0. The molecule has 0 saturated carbocycles. The minimum absolute atomic E-state index is 0.124. The summed E-state index contributed by atoms with van der Waals surface area (Å²) < 4.78 is 55.4. The second-order valence-corrected chi connectivity index (χ2v) is 4.01. The molecule has 1 aromatic rings. The average Bonchev–Trinajstić information content (AvgIpc) is 2.30. The highest BCUT2D eigenvalue weighted by atomic mass is 19.4. The van der Waals surface area contributed by atoms with Crippen molar-refractivity contribution in [1.29, 1.82) is 0 Å². The third-order valence-corrected chi connectivity index (χ3v) is 2.47. The summed E-state index contributed by atoms with van der Waals surface area (Å²) in [6.45, 7) is -2.02. The Labute approximate surface area is 108 Å². The Morgan fingerprint density at radius 3 is 2.47 bits per heavy atom. The molecule has 0 aliphatic heterocycles. The smallest absolute Gasteiger partial charge is 0.401 e. The van der Waals surface area contributed by atoms with Gasteiger partial charge in [0.25, 0.3) is 0 Å². The molecule has 0 spiro atoms. The summed E-state index contributed by atoms with van der Waals surface area (Å²) in [7, 11) is 1.37. The highest BCUT2D eigenvalue weighted by molar-refractivity contribution is 5.28. The zero-order chi connectivity index (χ0) is 14.5. The van der Waals surface area contributed by atoms with Gasteiger partial charge in [0, 0.05) is 24.7 Å². The fourth-order valence-electron chi connectivity index (χ4n) is 1.63. The van der Waals surface area contributed by atoms with Crippen LogP contribution in [0.2, 0.25) is 0 Å². The lowest BCUT2D eigenvalue weighted by atomic mass is 10.2. The second kappa shape index (κ2) is 6.72. The first kappa shape index (κ1) is 15.7. The number of hydrogen-bond donors (Lipinski definition) is 1. The monoisotopic (exact) mass is 281 g/mol. The van der Waals surface area contributed by atoms with Gasteiger partial charge in [-0.2, -0.15) is 13.2 Å². The van der Waals surface area contributed by atoms with Gasteiger partial charge in [0.15, 0.2) is 0 Å². The average molecular weight is 281 g/mol. The van der Waals surface area contributed by atoms with E-state index >= 15 is 0 Å². The molecule has 0 amide bonds. The van der Waals surface area contributed by atoms with Gasteiger partial charge in [0.05, 0.1) is 20.3 Å². The molecular weight excluding hydrogens is 266 g/mol. The van der Waals surface area contributed by atoms with E-state index in [9.17, 15) is 17.6 Å². The molecule has 19 heavy (non-hydrogen) atoms. The summed E-state index contributed by atoms with van der Waals surface area (Å²) in [6, 6.07) is 3.96. The predicted molar refractivity (Wildman–Crippen MR) is 61.4 cm³/mol. The molecule has 1 N–H and O–H groups in total.